The quantitative estimate of drug-likeness (QED) is 0.488. The van der Waals surface area contributed by atoms with Gasteiger partial charge in [0.25, 0.3) is 0 Å². The first kappa shape index (κ1) is 17.3. The lowest BCUT2D eigenvalue weighted by Crippen LogP contribution is -2.24. The van der Waals surface area contributed by atoms with Gasteiger partial charge in [0.05, 0.1) is 0 Å². The van der Waals surface area contributed by atoms with E-state index in [4.69, 9.17) is 0 Å². The maximum absolute atomic E-state index is 11.6. The van der Waals surface area contributed by atoms with Crippen LogP contribution in [0.2, 0.25) is 0 Å². The Hall–Kier alpha value is -3.13. The number of carbonyl (C=O) groups is 1. The van der Waals surface area contributed by atoms with Gasteiger partial charge in [-0.25, -0.2) is 0 Å². The summed E-state index contributed by atoms with van der Waals surface area (Å²) in [5.41, 5.74) is 3.79. The molecule has 4 rings (SSSR count). The molecule has 0 saturated heterocycles. The molecule has 1 amide bonds. The molecule has 0 aliphatic rings. The van der Waals surface area contributed by atoms with Crippen molar-refractivity contribution in [3.05, 3.63) is 84.4 Å². The zero-order valence-electron chi connectivity index (χ0n) is 15.5. The fourth-order valence-corrected chi connectivity index (χ4v) is 3.75. The monoisotopic (exact) mass is 353 g/mol. The standard InChI is InChI=1S/C25H23NO/c1-2-24(27)26-17-16-20-15-14-19-9-4-6-12-22(19)25(20)23-13-7-10-18-8-3-5-11-21(18)23/h3-15H,2,16-17H2,1H3,(H,26,27). The fraction of sp³-hybridized carbons (Fsp3) is 0.160. The van der Waals surface area contributed by atoms with E-state index in [1.54, 1.807) is 0 Å². The highest BCUT2D eigenvalue weighted by Gasteiger charge is 2.12. The Morgan fingerprint density at radius 3 is 2.22 bits per heavy atom. The number of rotatable bonds is 5. The maximum Gasteiger partial charge on any atom is 0.219 e. The van der Waals surface area contributed by atoms with Gasteiger partial charge in [0.15, 0.2) is 0 Å². The van der Waals surface area contributed by atoms with E-state index in [0.717, 1.165) is 6.42 Å². The lowest BCUT2D eigenvalue weighted by Gasteiger charge is -2.16. The Labute approximate surface area is 159 Å². The molecule has 134 valence electrons. The van der Waals surface area contributed by atoms with Crippen LogP contribution >= 0.6 is 0 Å². The second-order valence-corrected chi connectivity index (χ2v) is 6.80. The average Bonchev–Trinajstić information content (AvgIpc) is 2.73. The molecule has 0 aromatic heterocycles. The summed E-state index contributed by atoms with van der Waals surface area (Å²) >= 11 is 0. The van der Waals surface area contributed by atoms with E-state index in [2.05, 4.69) is 84.2 Å². The Bertz CT molecular complexity index is 1110. The van der Waals surface area contributed by atoms with E-state index in [0.29, 0.717) is 13.0 Å². The second-order valence-electron chi connectivity index (χ2n) is 6.80. The highest BCUT2D eigenvalue weighted by molar-refractivity contribution is 6.06. The van der Waals surface area contributed by atoms with E-state index in [9.17, 15) is 4.79 Å². The van der Waals surface area contributed by atoms with Crippen LogP contribution in [-0.2, 0) is 11.2 Å². The molecule has 2 heteroatoms. The lowest BCUT2D eigenvalue weighted by molar-refractivity contribution is -0.120. The van der Waals surface area contributed by atoms with Gasteiger partial charge in [0.2, 0.25) is 5.91 Å². The van der Waals surface area contributed by atoms with Crippen LogP contribution in [0, 0.1) is 0 Å². The fourth-order valence-electron chi connectivity index (χ4n) is 3.75. The summed E-state index contributed by atoms with van der Waals surface area (Å²) in [6.45, 7) is 2.54. The summed E-state index contributed by atoms with van der Waals surface area (Å²) in [6.07, 6.45) is 1.34. The first-order valence-corrected chi connectivity index (χ1v) is 9.53. The molecule has 0 atom stereocenters. The molecule has 0 saturated carbocycles. The molecule has 0 bridgehead atoms. The van der Waals surface area contributed by atoms with Gasteiger partial charge in [-0.3, -0.25) is 4.79 Å². The number of hydrogen-bond acceptors (Lipinski definition) is 1. The zero-order valence-corrected chi connectivity index (χ0v) is 15.5. The number of nitrogens with one attached hydrogen (secondary N) is 1. The number of fused-ring (bicyclic) bond motifs is 2. The van der Waals surface area contributed by atoms with Crippen molar-refractivity contribution in [3.8, 4) is 11.1 Å². The van der Waals surface area contributed by atoms with E-state index in [1.165, 1.54) is 38.2 Å². The van der Waals surface area contributed by atoms with Crippen molar-refractivity contribution < 1.29 is 4.79 Å². The zero-order chi connectivity index (χ0) is 18.6. The molecule has 0 aliphatic heterocycles. The number of benzene rings is 4. The van der Waals surface area contributed by atoms with E-state index >= 15 is 0 Å². The Balaban J connectivity index is 1.88. The van der Waals surface area contributed by atoms with Crippen molar-refractivity contribution in [2.45, 2.75) is 19.8 Å². The van der Waals surface area contributed by atoms with Gasteiger partial charge in [-0.15, -0.1) is 0 Å². The van der Waals surface area contributed by atoms with E-state index in [1.807, 2.05) is 6.92 Å². The van der Waals surface area contributed by atoms with Crippen LogP contribution in [0.15, 0.2) is 78.9 Å². The number of hydrogen-bond donors (Lipinski definition) is 1. The SMILES string of the molecule is CCC(=O)NCCc1ccc2ccccc2c1-c1cccc2ccccc12. The van der Waals surface area contributed by atoms with Gasteiger partial charge < -0.3 is 5.32 Å². The minimum atomic E-state index is 0.0995. The minimum absolute atomic E-state index is 0.0995. The average molecular weight is 353 g/mol. The highest BCUT2D eigenvalue weighted by atomic mass is 16.1. The van der Waals surface area contributed by atoms with Gasteiger partial charge in [-0.05, 0) is 44.7 Å². The van der Waals surface area contributed by atoms with Crippen molar-refractivity contribution in [2.24, 2.45) is 0 Å². The summed E-state index contributed by atoms with van der Waals surface area (Å²) in [5.74, 6) is 0.0995. The predicted molar refractivity (Wildman–Crippen MR) is 114 cm³/mol. The van der Waals surface area contributed by atoms with Crippen LogP contribution in [0.3, 0.4) is 0 Å². The van der Waals surface area contributed by atoms with Crippen LogP contribution in [0.4, 0.5) is 0 Å². The lowest BCUT2D eigenvalue weighted by atomic mass is 9.89. The summed E-state index contributed by atoms with van der Waals surface area (Å²) in [6, 6.07) is 27.9. The Morgan fingerprint density at radius 1 is 0.778 bits per heavy atom. The number of carbonyl (C=O) groups excluding carboxylic acids is 1. The largest absolute Gasteiger partial charge is 0.356 e. The first-order valence-electron chi connectivity index (χ1n) is 9.53. The predicted octanol–water partition coefficient (Wildman–Crippen LogP) is 5.73. The smallest absolute Gasteiger partial charge is 0.219 e. The van der Waals surface area contributed by atoms with E-state index < -0.39 is 0 Å². The third-order valence-electron chi connectivity index (χ3n) is 5.11. The first-order chi connectivity index (χ1) is 13.3. The summed E-state index contributed by atoms with van der Waals surface area (Å²) < 4.78 is 0. The van der Waals surface area contributed by atoms with Crippen molar-refractivity contribution in [1.29, 1.82) is 0 Å². The van der Waals surface area contributed by atoms with E-state index in [-0.39, 0.29) is 5.91 Å². The van der Waals surface area contributed by atoms with Gasteiger partial charge in [0, 0.05) is 13.0 Å². The van der Waals surface area contributed by atoms with Crippen LogP contribution in [0.1, 0.15) is 18.9 Å². The molecule has 4 aromatic carbocycles. The normalized spacial score (nSPS) is 11.0. The molecule has 1 N–H and O–H groups in total. The van der Waals surface area contributed by atoms with Crippen molar-refractivity contribution in [3.63, 3.8) is 0 Å². The summed E-state index contributed by atoms with van der Waals surface area (Å²) in [5, 5.41) is 8.00. The summed E-state index contributed by atoms with van der Waals surface area (Å²) in [7, 11) is 0. The van der Waals surface area contributed by atoms with Crippen molar-refractivity contribution in [2.75, 3.05) is 6.54 Å². The molecule has 4 aromatic rings. The molecule has 0 radical (unpaired) electrons. The summed E-state index contributed by atoms with van der Waals surface area (Å²) in [4.78, 5) is 11.6. The van der Waals surface area contributed by atoms with Crippen LogP contribution < -0.4 is 5.32 Å². The molecular formula is C25H23NO. The molecule has 2 nitrogen and oxygen atoms in total. The van der Waals surface area contributed by atoms with Crippen molar-refractivity contribution >= 4 is 27.5 Å². The molecule has 0 aliphatic carbocycles. The van der Waals surface area contributed by atoms with Crippen LogP contribution in [0.25, 0.3) is 32.7 Å². The second kappa shape index (κ2) is 7.63. The van der Waals surface area contributed by atoms with Gasteiger partial charge in [0.1, 0.15) is 0 Å². The van der Waals surface area contributed by atoms with Crippen LogP contribution in [-0.4, -0.2) is 12.5 Å². The topological polar surface area (TPSA) is 29.1 Å². The van der Waals surface area contributed by atoms with Gasteiger partial charge >= 0.3 is 0 Å². The molecule has 0 fully saturated rings. The Morgan fingerprint density at radius 2 is 1.44 bits per heavy atom. The highest BCUT2D eigenvalue weighted by Crippen LogP contribution is 2.36. The third-order valence-corrected chi connectivity index (χ3v) is 5.11. The molecule has 27 heavy (non-hydrogen) atoms. The minimum Gasteiger partial charge on any atom is -0.356 e. The molecular weight excluding hydrogens is 330 g/mol. The van der Waals surface area contributed by atoms with Crippen LogP contribution in [0.5, 0.6) is 0 Å². The molecule has 0 heterocycles. The molecule has 0 unspecified atom stereocenters. The van der Waals surface area contributed by atoms with Gasteiger partial charge in [-0.1, -0.05) is 85.8 Å². The Kier molecular flexibility index (Phi) is 4.88. The molecule has 0 spiro atoms. The third kappa shape index (κ3) is 3.43. The number of amides is 1. The maximum atomic E-state index is 11.6. The van der Waals surface area contributed by atoms with Crippen molar-refractivity contribution in [1.82, 2.24) is 5.32 Å². The van der Waals surface area contributed by atoms with Gasteiger partial charge in [-0.2, -0.15) is 0 Å².